The lowest BCUT2D eigenvalue weighted by molar-refractivity contribution is 0.0509. The van der Waals surface area contributed by atoms with Crippen molar-refractivity contribution in [3.8, 4) is 11.8 Å². The summed E-state index contributed by atoms with van der Waals surface area (Å²) >= 11 is 0. The average molecular weight is 414 g/mol. The van der Waals surface area contributed by atoms with Gasteiger partial charge in [0.25, 0.3) is 10.0 Å². The van der Waals surface area contributed by atoms with Crippen molar-refractivity contribution in [3.05, 3.63) is 18.0 Å². The molecule has 28 heavy (non-hydrogen) atoms. The van der Waals surface area contributed by atoms with Crippen molar-refractivity contribution < 1.29 is 32.2 Å². The Balaban J connectivity index is 2.24. The van der Waals surface area contributed by atoms with Crippen LogP contribution in [0.15, 0.2) is 17.2 Å². The van der Waals surface area contributed by atoms with Crippen LogP contribution < -0.4 is 19.5 Å². The largest absolute Gasteiger partial charge is 0.481 e. The predicted octanol–water partition coefficient (Wildman–Crippen LogP) is -0.0856. The van der Waals surface area contributed by atoms with Crippen molar-refractivity contribution in [2.24, 2.45) is 7.05 Å². The molecule has 0 bridgehead atoms. The van der Waals surface area contributed by atoms with E-state index in [9.17, 15) is 18.0 Å². The number of sulfonamides is 1. The molecule has 2 heterocycles. The van der Waals surface area contributed by atoms with Crippen LogP contribution in [-0.2, 0) is 21.8 Å². The van der Waals surface area contributed by atoms with E-state index in [1.165, 1.54) is 27.3 Å². The molecule has 0 saturated heterocycles. The van der Waals surface area contributed by atoms with Gasteiger partial charge < -0.3 is 14.2 Å². The zero-order valence-corrected chi connectivity index (χ0v) is 16.2. The minimum atomic E-state index is -4.45. The Morgan fingerprint density at radius 1 is 1.18 bits per heavy atom. The van der Waals surface area contributed by atoms with E-state index < -0.39 is 26.9 Å². The van der Waals surface area contributed by atoms with Gasteiger partial charge in [-0.2, -0.15) is 15.1 Å². The highest BCUT2D eigenvalue weighted by Crippen LogP contribution is 2.18. The number of carbonyl (C=O) groups excluding carboxylic acids is 2. The lowest BCUT2D eigenvalue weighted by atomic mass is 10.4. The van der Waals surface area contributed by atoms with Gasteiger partial charge >= 0.3 is 12.0 Å². The first-order valence-corrected chi connectivity index (χ1v) is 9.20. The minimum absolute atomic E-state index is 0.0342. The Hall–Kier alpha value is -3.42. The van der Waals surface area contributed by atoms with Crippen LogP contribution in [0.3, 0.4) is 0 Å². The number of ether oxygens (including phenoxy) is 3. The van der Waals surface area contributed by atoms with Gasteiger partial charge in [-0.15, -0.1) is 0 Å². The summed E-state index contributed by atoms with van der Waals surface area (Å²) in [5.74, 6) is -0.992. The number of urea groups is 1. The van der Waals surface area contributed by atoms with Gasteiger partial charge in [0.05, 0.1) is 33.1 Å². The van der Waals surface area contributed by atoms with E-state index in [1.807, 2.05) is 0 Å². The molecule has 0 aliphatic rings. The maximum absolute atomic E-state index is 12.5. The second kappa shape index (κ2) is 8.51. The molecular weight excluding hydrogens is 396 g/mol. The predicted molar refractivity (Wildman–Crippen MR) is 93.6 cm³/mol. The summed E-state index contributed by atoms with van der Waals surface area (Å²) in [6.45, 7) is 1.60. The summed E-state index contributed by atoms with van der Waals surface area (Å²) < 4.78 is 42.5. The number of carbonyl (C=O) groups is 2. The Morgan fingerprint density at radius 3 is 2.32 bits per heavy atom. The number of hydrogen-bond donors (Lipinski definition) is 2. The first-order valence-electron chi connectivity index (χ1n) is 7.71. The molecule has 2 rings (SSSR count). The van der Waals surface area contributed by atoms with E-state index >= 15 is 0 Å². The molecule has 2 N–H and O–H groups in total. The number of anilines is 1. The van der Waals surface area contributed by atoms with E-state index in [2.05, 4.69) is 20.4 Å². The van der Waals surface area contributed by atoms with Gasteiger partial charge in [0.2, 0.25) is 17.7 Å². The van der Waals surface area contributed by atoms with Crippen molar-refractivity contribution in [2.75, 3.05) is 26.1 Å². The summed E-state index contributed by atoms with van der Waals surface area (Å²) in [4.78, 5) is 31.3. The molecular formula is C14H18N6O7S. The zero-order valence-electron chi connectivity index (χ0n) is 15.4. The number of nitrogens with zero attached hydrogens (tertiary/aromatic N) is 4. The Labute approximate surface area is 160 Å². The number of aryl methyl sites for hydroxylation is 1. The van der Waals surface area contributed by atoms with E-state index in [0.29, 0.717) is 0 Å². The fraction of sp³-hybridized carbons (Fsp3) is 0.357. The molecule has 152 valence electrons. The smallest absolute Gasteiger partial charge is 0.358 e. The molecule has 2 aromatic rings. The average Bonchev–Trinajstić information content (AvgIpc) is 3.03. The number of methoxy groups -OCH3 is 2. The number of aromatic nitrogens is 4. The van der Waals surface area contributed by atoms with Crippen LogP contribution in [-0.4, -0.2) is 61.0 Å². The Bertz CT molecular complexity index is 966. The highest BCUT2D eigenvalue weighted by Gasteiger charge is 2.29. The molecule has 0 saturated carbocycles. The number of amides is 2. The standard InChI is InChI=1S/C14H18N6O7S/c1-5-27-12(21)11-8(7-15-20(11)2)28(23,24)19-14(22)18-13-16-9(25-3)6-10(17-13)26-4/h6-7H,5H2,1-4H3,(H2,16,17,18,19,22). The Kier molecular flexibility index (Phi) is 6.35. The van der Waals surface area contributed by atoms with Gasteiger partial charge in [0.15, 0.2) is 5.69 Å². The Morgan fingerprint density at radius 2 is 1.79 bits per heavy atom. The van der Waals surface area contributed by atoms with Gasteiger partial charge in [-0.25, -0.2) is 22.7 Å². The summed E-state index contributed by atoms with van der Waals surface area (Å²) in [7, 11) is -0.400. The van der Waals surface area contributed by atoms with E-state index in [1.54, 1.807) is 11.6 Å². The monoisotopic (exact) mass is 414 g/mol. The molecule has 0 fully saturated rings. The molecule has 14 heteroatoms. The number of hydrogen-bond acceptors (Lipinski definition) is 10. The molecule has 2 amide bonds. The second-order valence-electron chi connectivity index (χ2n) is 5.04. The van der Waals surface area contributed by atoms with Crippen LogP contribution in [0, 0.1) is 0 Å². The van der Waals surface area contributed by atoms with Crippen molar-refractivity contribution >= 4 is 28.0 Å². The third-order valence-electron chi connectivity index (χ3n) is 3.21. The summed E-state index contributed by atoms with van der Waals surface area (Å²) in [5, 5.41) is 5.87. The topological polar surface area (TPSA) is 164 Å². The van der Waals surface area contributed by atoms with Crippen molar-refractivity contribution in [3.63, 3.8) is 0 Å². The molecule has 0 aromatic carbocycles. The van der Waals surface area contributed by atoms with E-state index in [4.69, 9.17) is 14.2 Å². The first-order chi connectivity index (χ1) is 13.2. The lowest BCUT2D eigenvalue weighted by Crippen LogP contribution is -2.35. The fourth-order valence-electron chi connectivity index (χ4n) is 2.02. The van der Waals surface area contributed by atoms with Gasteiger partial charge in [-0.1, -0.05) is 0 Å². The zero-order chi connectivity index (χ0) is 20.9. The summed E-state index contributed by atoms with van der Waals surface area (Å²) in [6, 6.07) is 0.190. The third kappa shape index (κ3) is 4.64. The number of nitrogens with one attached hydrogen (secondary N) is 2. The van der Waals surface area contributed by atoms with Crippen LogP contribution in [0.2, 0.25) is 0 Å². The molecule has 2 aromatic heterocycles. The first kappa shape index (κ1) is 20.9. The third-order valence-corrected chi connectivity index (χ3v) is 4.55. The molecule has 0 atom stereocenters. The van der Waals surface area contributed by atoms with Gasteiger partial charge in [0, 0.05) is 7.05 Å². The van der Waals surface area contributed by atoms with Gasteiger partial charge in [0.1, 0.15) is 4.90 Å². The van der Waals surface area contributed by atoms with E-state index in [-0.39, 0.29) is 30.0 Å². The van der Waals surface area contributed by atoms with Gasteiger partial charge in [-0.05, 0) is 6.92 Å². The molecule has 0 unspecified atom stereocenters. The summed E-state index contributed by atoms with van der Waals surface area (Å²) in [5.41, 5.74) is -0.332. The highest BCUT2D eigenvalue weighted by molar-refractivity contribution is 7.90. The summed E-state index contributed by atoms with van der Waals surface area (Å²) in [6.07, 6.45) is 0.924. The van der Waals surface area contributed by atoms with Crippen molar-refractivity contribution in [1.82, 2.24) is 24.5 Å². The number of rotatable bonds is 7. The molecule has 0 aliphatic carbocycles. The SMILES string of the molecule is CCOC(=O)c1c(S(=O)(=O)NC(=O)Nc2nc(OC)cc(OC)n2)cnn1C. The van der Waals surface area contributed by atoms with Crippen molar-refractivity contribution in [2.45, 2.75) is 11.8 Å². The second-order valence-corrected chi connectivity index (χ2v) is 6.69. The van der Waals surface area contributed by atoms with Gasteiger partial charge in [-0.3, -0.25) is 10.00 Å². The van der Waals surface area contributed by atoms with E-state index in [0.717, 1.165) is 10.9 Å². The molecule has 0 spiro atoms. The van der Waals surface area contributed by atoms with Crippen LogP contribution in [0.1, 0.15) is 17.4 Å². The van der Waals surface area contributed by atoms with Crippen molar-refractivity contribution in [1.29, 1.82) is 0 Å². The fourth-order valence-corrected chi connectivity index (χ4v) is 3.08. The van der Waals surface area contributed by atoms with Crippen LogP contribution in [0.25, 0.3) is 0 Å². The highest BCUT2D eigenvalue weighted by atomic mass is 32.2. The normalized spacial score (nSPS) is 10.9. The minimum Gasteiger partial charge on any atom is -0.481 e. The molecule has 13 nitrogen and oxygen atoms in total. The van der Waals surface area contributed by atoms with Crippen LogP contribution in [0.4, 0.5) is 10.7 Å². The number of esters is 1. The maximum atomic E-state index is 12.5. The molecule has 0 radical (unpaired) electrons. The molecule has 0 aliphatic heterocycles. The van der Waals surface area contributed by atoms with Crippen LogP contribution in [0.5, 0.6) is 11.8 Å². The maximum Gasteiger partial charge on any atom is 0.358 e. The van der Waals surface area contributed by atoms with Crippen LogP contribution >= 0.6 is 0 Å². The quantitative estimate of drug-likeness (QED) is 0.585. The lowest BCUT2D eigenvalue weighted by Gasteiger charge is -2.10.